The van der Waals surface area contributed by atoms with Crippen molar-refractivity contribution in [2.45, 2.75) is 71.1 Å². The standard InChI is InChI=1S/C12H23ClO5/c1-2-3-4-5-6-7-8-9-10-11-12(14)18-13(15,16)17/h2-11H2,1H3. The fourth-order valence-corrected chi connectivity index (χ4v) is 2.01. The van der Waals surface area contributed by atoms with Gasteiger partial charge in [-0.05, 0) is 10.7 Å². The lowest BCUT2D eigenvalue weighted by Crippen LogP contribution is -2.61. The molecule has 6 heteroatoms. The highest BCUT2D eigenvalue weighted by molar-refractivity contribution is 5.68. The number of hydrogen-bond donors (Lipinski definition) is 0. The van der Waals surface area contributed by atoms with E-state index in [1.54, 1.807) is 0 Å². The van der Waals surface area contributed by atoms with Crippen LogP contribution < -0.4 is 14.0 Å². The van der Waals surface area contributed by atoms with Crippen molar-refractivity contribution in [3.05, 3.63) is 0 Å². The predicted octanol–water partition coefficient (Wildman–Crippen LogP) is 0.348. The number of unbranched alkanes of at least 4 members (excludes halogenated alkanes) is 8. The Hall–Kier alpha value is -0.360. The van der Waals surface area contributed by atoms with Crippen LogP contribution in [0.5, 0.6) is 0 Å². The molecule has 0 unspecified atom stereocenters. The number of carbonyl (C=O) groups excluding carboxylic acids is 1. The zero-order valence-electron chi connectivity index (χ0n) is 11.0. The van der Waals surface area contributed by atoms with Gasteiger partial charge in [0, 0.05) is 0 Å². The second-order valence-corrected chi connectivity index (χ2v) is 5.32. The van der Waals surface area contributed by atoms with E-state index in [-0.39, 0.29) is 6.42 Å². The van der Waals surface area contributed by atoms with Crippen molar-refractivity contribution in [2.24, 2.45) is 0 Å². The molecule has 0 heterocycles. The Morgan fingerprint density at radius 3 is 1.78 bits per heavy atom. The summed E-state index contributed by atoms with van der Waals surface area (Å²) in [6.07, 6.45) is 9.85. The zero-order valence-corrected chi connectivity index (χ0v) is 11.7. The molecule has 0 rings (SSSR count). The van der Waals surface area contributed by atoms with Gasteiger partial charge in [-0.2, -0.15) is 14.0 Å². The first-order valence-corrected chi connectivity index (χ1v) is 7.82. The molecule has 108 valence electrons. The monoisotopic (exact) mass is 282 g/mol. The van der Waals surface area contributed by atoms with Crippen molar-refractivity contribution in [1.82, 2.24) is 0 Å². The van der Waals surface area contributed by atoms with Crippen LogP contribution in [0.4, 0.5) is 0 Å². The Morgan fingerprint density at radius 1 is 0.889 bits per heavy atom. The third-order valence-corrected chi connectivity index (χ3v) is 3.03. The molecule has 18 heavy (non-hydrogen) atoms. The Bertz CT molecular complexity index is 215. The molecular weight excluding hydrogens is 260 g/mol. The molecule has 0 bridgehead atoms. The third kappa shape index (κ3) is 13.7. The van der Waals surface area contributed by atoms with Crippen molar-refractivity contribution in [1.29, 1.82) is 0 Å². The van der Waals surface area contributed by atoms with Crippen molar-refractivity contribution < 1.29 is 33.3 Å². The number of hydrogen-bond acceptors (Lipinski definition) is 5. The molecule has 0 aromatic heterocycles. The second kappa shape index (κ2) is 10.6. The molecule has 0 aliphatic heterocycles. The van der Waals surface area contributed by atoms with Crippen LogP contribution in [0.25, 0.3) is 0 Å². The molecule has 0 aromatic rings. The van der Waals surface area contributed by atoms with Crippen molar-refractivity contribution in [2.75, 3.05) is 0 Å². The highest BCUT2D eigenvalue weighted by Crippen LogP contribution is 2.11. The van der Waals surface area contributed by atoms with Crippen molar-refractivity contribution in [3.8, 4) is 0 Å². The van der Waals surface area contributed by atoms with E-state index in [9.17, 15) is 18.8 Å². The number of carbonyl (C=O) groups is 1. The summed E-state index contributed by atoms with van der Waals surface area (Å²) in [5.74, 6) is -0.963. The normalized spacial score (nSPS) is 11.6. The first-order valence-electron chi connectivity index (χ1n) is 6.59. The number of rotatable bonds is 11. The van der Waals surface area contributed by atoms with Gasteiger partial charge in [0.05, 0.1) is 6.42 Å². The summed E-state index contributed by atoms with van der Waals surface area (Å²) in [6, 6.07) is 0. The third-order valence-electron chi connectivity index (χ3n) is 2.66. The average Bonchev–Trinajstić information content (AvgIpc) is 2.24. The van der Waals surface area contributed by atoms with Crippen LogP contribution in [0.2, 0.25) is 0 Å². The van der Waals surface area contributed by atoms with E-state index in [1.807, 2.05) is 0 Å². The maximum absolute atomic E-state index is 10.9. The first-order chi connectivity index (χ1) is 8.45. The summed E-state index contributed by atoms with van der Waals surface area (Å²) in [4.78, 5) is 10.9. The van der Waals surface area contributed by atoms with Crippen molar-refractivity contribution >= 4 is 5.97 Å². The molecule has 0 radical (unpaired) electrons. The molecule has 0 spiro atoms. The minimum atomic E-state index is -4.62. The topological polar surface area (TPSA) is 95.5 Å². The molecule has 0 saturated carbocycles. The lowest BCUT2D eigenvalue weighted by atomic mass is 10.1. The van der Waals surface area contributed by atoms with Crippen LogP contribution in [0.15, 0.2) is 0 Å². The zero-order chi connectivity index (χ0) is 13.9. The van der Waals surface area contributed by atoms with E-state index in [2.05, 4.69) is 11.2 Å². The molecule has 0 N–H and O–H groups in total. The molecular formula is C12H23ClO5. The van der Waals surface area contributed by atoms with Crippen LogP contribution in [0.3, 0.4) is 0 Å². The summed E-state index contributed by atoms with van der Waals surface area (Å²) >= 11 is 0. The maximum Gasteiger partial charge on any atom is 0.463 e. The van der Waals surface area contributed by atoms with E-state index < -0.39 is 16.2 Å². The summed E-state index contributed by atoms with van der Waals surface area (Å²) in [5, 5.41) is 0. The van der Waals surface area contributed by atoms with Gasteiger partial charge in [-0.1, -0.05) is 58.3 Å². The Balaban J connectivity index is 3.23. The molecule has 0 saturated heterocycles. The van der Waals surface area contributed by atoms with Gasteiger partial charge in [0.25, 0.3) is 0 Å². The van der Waals surface area contributed by atoms with Gasteiger partial charge >= 0.3 is 5.97 Å². The molecule has 0 amide bonds. The lowest BCUT2D eigenvalue weighted by Gasteiger charge is -2.10. The van der Waals surface area contributed by atoms with Gasteiger partial charge in [0.2, 0.25) is 0 Å². The van der Waals surface area contributed by atoms with Crippen LogP contribution in [0, 0.1) is 10.2 Å². The first kappa shape index (κ1) is 17.6. The minimum absolute atomic E-state index is 0.00962. The molecule has 0 aliphatic carbocycles. The molecule has 0 fully saturated rings. The summed E-state index contributed by atoms with van der Waals surface area (Å²) < 4.78 is 33.9. The fraction of sp³-hybridized carbons (Fsp3) is 0.917. The van der Waals surface area contributed by atoms with Gasteiger partial charge in [-0.15, -0.1) is 0 Å². The van der Waals surface area contributed by atoms with Gasteiger partial charge in [-0.25, -0.2) is 4.79 Å². The maximum atomic E-state index is 10.9. The Morgan fingerprint density at radius 2 is 1.33 bits per heavy atom. The van der Waals surface area contributed by atoms with E-state index in [4.69, 9.17) is 0 Å². The quantitative estimate of drug-likeness (QED) is 0.510. The second-order valence-electron chi connectivity index (χ2n) is 4.41. The highest BCUT2D eigenvalue weighted by atomic mass is 35.7. The van der Waals surface area contributed by atoms with Crippen LogP contribution in [0.1, 0.15) is 71.1 Å². The lowest BCUT2D eigenvalue weighted by molar-refractivity contribution is -1.92. The fourth-order valence-electron chi connectivity index (χ4n) is 1.72. The highest BCUT2D eigenvalue weighted by Gasteiger charge is 2.24. The smallest absolute Gasteiger partial charge is 0.234 e. The van der Waals surface area contributed by atoms with Crippen LogP contribution in [-0.2, 0) is 9.08 Å². The Labute approximate surface area is 111 Å². The van der Waals surface area contributed by atoms with E-state index in [0.29, 0.717) is 6.42 Å². The summed E-state index contributed by atoms with van der Waals surface area (Å²) in [5.41, 5.74) is 0. The molecule has 0 aliphatic rings. The minimum Gasteiger partial charge on any atom is -0.234 e. The van der Waals surface area contributed by atoms with E-state index in [0.717, 1.165) is 19.3 Å². The van der Waals surface area contributed by atoms with Gasteiger partial charge in [0.15, 0.2) is 0 Å². The molecule has 5 nitrogen and oxygen atoms in total. The SMILES string of the molecule is CCCCCCCCCCCC(=O)O[Cl+3]([O-])([O-])[O-]. The summed E-state index contributed by atoms with van der Waals surface area (Å²) in [7, 11) is -4.62. The summed E-state index contributed by atoms with van der Waals surface area (Å²) in [6.45, 7) is 2.18. The van der Waals surface area contributed by atoms with Gasteiger partial charge < -0.3 is 0 Å². The largest absolute Gasteiger partial charge is 0.463 e. The van der Waals surface area contributed by atoms with Gasteiger partial charge in [0.1, 0.15) is 10.2 Å². The van der Waals surface area contributed by atoms with E-state index in [1.165, 1.54) is 32.1 Å². The van der Waals surface area contributed by atoms with Crippen molar-refractivity contribution in [3.63, 3.8) is 0 Å². The van der Waals surface area contributed by atoms with Crippen LogP contribution in [-0.4, -0.2) is 5.97 Å². The average molecular weight is 283 g/mol. The number of halogens is 1. The predicted molar refractivity (Wildman–Crippen MR) is 57.9 cm³/mol. The molecule has 0 atom stereocenters. The Kier molecular flexibility index (Phi) is 10.3. The van der Waals surface area contributed by atoms with E-state index >= 15 is 0 Å². The van der Waals surface area contributed by atoms with Crippen LogP contribution >= 0.6 is 0 Å². The molecule has 0 aromatic carbocycles. The van der Waals surface area contributed by atoms with Gasteiger partial charge in [-0.3, -0.25) is 0 Å².